The fraction of sp³-hybridized carbons (Fsp3) is 0.833. The standard InChI is InChI=1S/C6H7Br3O2/c7-3-1-2-11-6(10)5(9)4(3)8/h3-5H,1-2H2. The highest BCUT2D eigenvalue weighted by Gasteiger charge is 2.33. The fourth-order valence-electron chi connectivity index (χ4n) is 0.824. The molecule has 1 rings (SSSR count). The van der Waals surface area contributed by atoms with Crippen molar-refractivity contribution < 1.29 is 9.53 Å². The summed E-state index contributed by atoms with van der Waals surface area (Å²) in [4.78, 5) is 11.2. The number of rotatable bonds is 0. The third-order valence-electron chi connectivity index (χ3n) is 1.49. The van der Waals surface area contributed by atoms with Crippen molar-refractivity contribution in [1.82, 2.24) is 0 Å². The van der Waals surface area contributed by atoms with Crippen molar-refractivity contribution in [3.05, 3.63) is 0 Å². The normalized spacial score (nSPS) is 39.5. The molecular weight excluding hydrogens is 344 g/mol. The Bertz CT molecular complexity index is 162. The average Bonchev–Trinajstić information content (AvgIpc) is 2.07. The van der Waals surface area contributed by atoms with E-state index < -0.39 is 0 Å². The second-order valence-corrected chi connectivity index (χ2v) is 5.54. The molecule has 0 aromatic rings. The van der Waals surface area contributed by atoms with Crippen LogP contribution in [0.25, 0.3) is 0 Å². The molecule has 0 aliphatic carbocycles. The molecule has 1 fully saturated rings. The van der Waals surface area contributed by atoms with Crippen molar-refractivity contribution in [3.8, 4) is 0 Å². The van der Waals surface area contributed by atoms with Gasteiger partial charge in [-0.05, 0) is 6.42 Å². The number of esters is 1. The maximum Gasteiger partial charge on any atom is 0.320 e. The maximum atomic E-state index is 11.1. The van der Waals surface area contributed by atoms with Crippen LogP contribution in [0.5, 0.6) is 0 Å². The van der Waals surface area contributed by atoms with E-state index in [1.807, 2.05) is 0 Å². The van der Waals surface area contributed by atoms with Crippen LogP contribution in [0.2, 0.25) is 0 Å². The van der Waals surface area contributed by atoms with Crippen molar-refractivity contribution in [2.75, 3.05) is 6.61 Å². The highest BCUT2D eigenvalue weighted by molar-refractivity contribution is 9.13. The van der Waals surface area contributed by atoms with Gasteiger partial charge in [0.25, 0.3) is 0 Å². The lowest BCUT2D eigenvalue weighted by Crippen LogP contribution is -2.28. The number of carbonyl (C=O) groups excluding carboxylic acids is 1. The lowest BCUT2D eigenvalue weighted by molar-refractivity contribution is -0.141. The molecule has 0 radical (unpaired) electrons. The highest BCUT2D eigenvalue weighted by atomic mass is 79.9. The smallest absolute Gasteiger partial charge is 0.320 e. The molecule has 0 spiro atoms. The van der Waals surface area contributed by atoms with Crippen LogP contribution in [0.15, 0.2) is 0 Å². The first-order chi connectivity index (χ1) is 5.13. The second-order valence-electron chi connectivity index (χ2n) is 2.32. The van der Waals surface area contributed by atoms with E-state index in [-0.39, 0.29) is 15.6 Å². The minimum absolute atomic E-state index is 0.109. The number of hydrogen-bond acceptors (Lipinski definition) is 2. The molecule has 0 bridgehead atoms. The van der Waals surface area contributed by atoms with Crippen molar-refractivity contribution >= 4 is 53.8 Å². The zero-order valence-corrected chi connectivity index (χ0v) is 10.4. The van der Waals surface area contributed by atoms with Crippen LogP contribution < -0.4 is 0 Å². The van der Waals surface area contributed by atoms with E-state index in [0.717, 1.165) is 6.42 Å². The molecule has 64 valence electrons. The predicted molar refractivity (Wildman–Crippen MR) is 53.7 cm³/mol. The Morgan fingerprint density at radius 2 is 2.00 bits per heavy atom. The molecule has 0 saturated carbocycles. The van der Waals surface area contributed by atoms with E-state index in [1.54, 1.807) is 0 Å². The third kappa shape index (κ3) is 2.42. The van der Waals surface area contributed by atoms with Crippen LogP contribution in [0.4, 0.5) is 0 Å². The van der Waals surface area contributed by atoms with Gasteiger partial charge < -0.3 is 4.74 Å². The molecule has 0 aromatic heterocycles. The third-order valence-corrected chi connectivity index (χ3v) is 6.04. The summed E-state index contributed by atoms with van der Waals surface area (Å²) >= 11 is 10.1. The molecule has 1 aliphatic rings. The number of ether oxygens (including phenoxy) is 1. The minimum atomic E-state index is -0.241. The predicted octanol–water partition coefficient (Wildman–Crippen LogP) is 2.22. The summed E-state index contributed by atoms with van der Waals surface area (Å²) < 4.78 is 4.91. The molecule has 0 N–H and O–H groups in total. The molecule has 1 saturated heterocycles. The van der Waals surface area contributed by atoms with Crippen molar-refractivity contribution in [2.24, 2.45) is 0 Å². The van der Waals surface area contributed by atoms with E-state index in [1.165, 1.54) is 0 Å². The topological polar surface area (TPSA) is 26.3 Å². The Morgan fingerprint density at radius 1 is 1.36 bits per heavy atom. The molecule has 3 atom stereocenters. The molecule has 1 heterocycles. The second kappa shape index (κ2) is 4.23. The van der Waals surface area contributed by atoms with Gasteiger partial charge >= 0.3 is 5.97 Å². The number of carbonyl (C=O) groups is 1. The van der Waals surface area contributed by atoms with Crippen LogP contribution in [-0.4, -0.2) is 27.1 Å². The molecule has 3 unspecified atom stereocenters. The Labute approximate surface area is 90.4 Å². The number of alkyl halides is 3. The molecule has 1 aliphatic heterocycles. The van der Waals surface area contributed by atoms with Gasteiger partial charge in [0, 0.05) is 4.83 Å². The molecular formula is C6H7Br3O2. The number of halogens is 3. The van der Waals surface area contributed by atoms with Gasteiger partial charge in [0.05, 0.1) is 11.4 Å². The first kappa shape index (κ1) is 9.99. The Kier molecular flexibility index (Phi) is 3.85. The largest absolute Gasteiger partial charge is 0.465 e. The van der Waals surface area contributed by atoms with E-state index in [2.05, 4.69) is 47.8 Å². The average molecular weight is 351 g/mol. The molecule has 0 aromatic carbocycles. The summed E-state index contributed by atoms with van der Waals surface area (Å²) in [6.07, 6.45) is 0.851. The lowest BCUT2D eigenvalue weighted by Gasteiger charge is -2.14. The van der Waals surface area contributed by atoms with E-state index >= 15 is 0 Å². The van der Waals surface area contributed by atoms with Gasteiger partial charge in [0.1, 0.15) is 4.83 Å². The van der Waals surface area contributed by atoms with E-state index in [0.29, 0.717) is 11.4 Å². The first-order valence-electron chi connectivity index (χ1n) is 3.22. The quantitative estimate of drug-likeness (QED) is 0.494. The number of hydrogen-bond donors (Lipinski definition) is 0. The van der Waals surface area contributed by atoms with Crippen LogP contribution >= 0.6 is 47.8 Å². The van der Waals surface area contributed by atoms with Crippen molar-refractivity contribution in [3.63, 3.8) is 0 Å². The van der Waals surface area contributed by atoms with Crippen LogP contribution in [0.1, 0.15) is 6.42 Å². The summed E-state index contributed by atoms with van der Waals surface area (Å²) in [7, 11) is 0. The summed E-state index contributed by atoms with van der Waals surface area (Å²) in [5, 5.41) is 0. The summed E-state index contributed by atoms with van der Waals surface area (Å²) in [6.45, 7) is 0.499. The van der Waals surface area contributed by atoms with Crippen LogP contribution in [0.3, 0.4) is 0 Å². The summed E-state index contributed by atoms with van der Waals surface area (Å²) in [5.41, 5.74) is 0. The first-order valence-corrected chi connectivity index (χ1v) is 5.96. The molecule has 5 heteroatoms. The Balaban J connectivity index is 2.65. The van der Waals surface area contributed by atoms with Gasteiger partial charge in [0.15, 0.2) is 0 Å². The molecule has 2 nitrogen and oxygen atoms in total. The molecule has 11 heavy (non-hydrogen) atoms. The fourth-order valence-corrected chi connectivity index (χ4v) is 2.71. The van der Waals surface area contributed by atoms with Crippen LogP contribution in [0, 0.1) is 0 Å². The van der Waals surface area contributed by atoms with E-state index in [4.69, 9.17) is 4.74 Å². The van der Waals surface area contributed by atoms with Crippen molar-refractivity contribution in [2.45, 2.75) is 20.9 Å². The Morgan fingerprint density at radius 3 is 2.64 bits per heavy atom. The van der Waals surface area contributed by atoms with Gasteiger partial charge in [-0.2, -0.15) is 0 Å². The lowest BCUT2D eigenvalue weighted by atomic mass is 10.2. The van der Waals surface area contributed by atoms with E-state index in [9.17, 15) is 4.79 Å². The van der Waals surface area contributed by atoms with Crippen molar-refractivity contribution in [1.29, 1.82) is 0 Å². The zero-order chi connectivity index (χ0) is 8.43. The summed E-state index contributed by atoms with van der Waals surface area (Å²) in [5.74, 6) is -0.186. The zero-order valence-electron chi connectivity index (χ0n) is 5.60. The van der Waals surface area contributed by atoms with Gasteiger partial charge in [-0.1, -0.05) is 47.8 Å². The van der Waals surface area contributed by atoms with Gasteiger partial charge in [-0.25, -0.2) is 0 Å². The monoisotopic (exact) mass is 348 g/mol. The van der Waals surface area contributed by atoms with Gasteiger partial charge in [-0.15, -0.1) is 0 Å². The maximum absolute atomic E-state index is 11.1. The molecule has 0 amide bonds. The van der Waals surface area contributed by atoms with Crippen LogP contribution in [-0.2, 0) is 9.53 Å². The highest BCUT2D eigenvalue weighted by Crippen LogP contribution is 2.28. The van der Waals surface area contributed by atoms with Gasteiger partial charge in [0.2, 0.25) is 0 Å². The van der Waals surface area contributed by atoms with Gasteiger partial charge in [-0.3, -0.25) is 4.79 Å². The SMILES string of the molecule is O=C1OCCC(Br)C(Br)C1Br. The minimum Gasteiger partial charge on any atom is -0.465 e. The summed E-state index contributed by atoms with van der Waals surface area (Å²) in [6, 6.07) is 0. The number of cyclic esters (lactones) is 1. The Hall–Kier alpha value is 0.910.